The van der Waals surface area contributed by atoms with Gasteiger partial charge in [0.25, 0.3) is 0 Å². The molecule has 2 fully saturated rings. The number of alkyl carbamates (subject to hydrolysis) is 1. The number of aliphatic hydroxyl groups excluding tert-OH is 1. The quantitative estimate of drug-likeness (QED) is 0.711. The molecule has 0 saturated carbocycles. The number of esters is 1. The number of piperidine rings is 1. The van der Waals surface area contributed by atoms with Gasteiger partial charge >= 0.3 is 12.1 Å². The van der Waals surface area contributed by atoms with Crippen LogP contribution in [0, 0.1) is 0 Å². The number of carbonyl (C=O) groups excluding carboxylic acids is 3. The van der Waals surface area contributed by atoms with Crippen LogP contribution in [0.1, 0.15) is 60.8 Å². The summed E-state index contributed by atoms with van der Waals surface area (Å²) in [6.07, 6.45) is -0.399. The molecule has 8 heteroatoms. The van der Waals surface area contributed by atoms with E-state index in [4.69, 9.17) is 9.47 Å². The molecule has 0 aliphatic carbocycles. The minimum absolute atomic E-state index is 0.230. The molecule has 0 unspecified atom stereocenters. The first kappa shape index (κ1) is 20.5. The monoisotopic (exact) mass is 370 g/mol. The predicted octanol–water partition coefficient (Wildman–Crippen LogP) is 1.35. The van der Waals surface area contributed by atoms with Gasteiger partial charge < -0.3 is 24.8 Å². The van der Waals surface area contributed by atoms with E-state index in [1.807, 2.05) is 0 Å². The van der Waals surface area contributed by atoms with Crippen LogP contribution < -0.4 is 5.32 Å². The molecule has 0 bridgehead atoms. The van der Waals surface area contributed by atoms with E-state index in [0.29, 0.717) is 19.3 Å². The topological polar surface area (TPSA) is 105 Å². The van der Waals surface area contributed by atoms with E-state index >= 15 is 0 Å². The third kappa shape index (κ3) is 4.87. The highest BCUT2D eigenvalue weighted by atomic mass is 16.6. The number of nitrogens with zero attached hydrogens (tertiary/aromatic N) is 1. The molecule has 148 valence electrons. The lowest BCUT2D eigenvalue weighted by molar-refractivity contribution is -0.167. The van der Waals surface area contributed by atoms with Crippen molar-refractivity contribution < 1.29 is 29.0 Å². The molecule has 2 N–H and O–H groups in total. The molecule has 2 saturated heterocycles. The van der Waals surface area contributed by atoms with Crippen LogP contribution >= 0.6 is 0 Å². The number of carbonyl (C=O) groups is 3. The minimum Gasteiger partial charge on any atom is -0.458 e. The highest BCUT2D eigenvalue weighted by Gasteiger charge is 2.51. The number of ether oxygens (including phenoxy) is 2. The lowest BCUT2D eigenvalue weighted by Crippen LogP contribution is -2.63. The molecule has 26 heavy (non-hydrogen) atoms. The fraction of sp³-hybridized carbons (Fsp3) is 0.833. The van der Waals surface area contributed by atoms with Gasteiger partial charge in [0.2, 0.25) is 5.91 Å². The average Bonchev–Trinajstić information content (AvgIpc) is 2.83. The predicted molar refractivity (Wildman–Crippen MR) is 93.3 cm³/mol. The first-order valence-electron chi connectivity index (χ1n) is 9.01. The van der Waals surface area contributed by atoms with Gasteiger partial charge in [-0.05, 0) is 60.8 Å². The maximum Gasteiger partial charge on any atom is 0.408 e. The largest absolute Gasteiger partial charge is 0.458 e. The van der Waals surface area contributed by atoms with Crippen LogP contribution in [0.4, 0.5) is 4.79 Å². The van der Waals surface area contributed by atoms with Crippen molar-refractivity contribution in [3.8, 4) is 0 Å². The number of rotatable bonds is 2. The van der Waals surface area contributed by atoms with Crippen LogP contribution in [0.3, 0.4) is 0 Å². The van der Waals surface area contributed by atoms with Crippen molar-refractivity contribution in [2.45, 2.75) is 96.2 Å². The summed E-state index contributed by atoms with van der Waals surface area (Å²) in [5.41, 5.74) is -1.37. The van der Waals surface area contributed by atoms with Crippen molar-refractivity contribution in [2.75, 3.05) is 0 Å². The van der Waals surface area contributed by atoms with Gasteiger partial charge in [0.1, 0.15) is 23.3 Å². The molecular weight excluding hydrogens is 340 g/mol. The van der Waals surface area contributed by atoms with E-state index in [-0.39, 0.29) is 6.04 Å². The zero-order valence-corrected chi connectivity index (χ0v) is 16.4. The number of fused-ring (bicyclic) bond motifs is 1. The fourth-order valence-electron chi connectivity index (χ4n) is 3.38. The summed E-state index contributed by atoms with van der Waals surface area (Å²) < 4.78 is 10.6. The fourth-order valence-corrected chi connectivity index (χ4v) is 3.38. The van der Waals surface area contributed by atoms with E-state index in [2.05, 4.69) is 5.32 Å². The normalized spacial score (nSPS) is 29.2. The maximum absolute atomic E-state index is 12.9. The van der Waals surface area contributed by atoms with E-state index in [1.165, 1.54) is 4.90 Å². The molecule has 2 aliphatic heterocycles. The molecule has 0 aromatic carbocycles. The average molecular weight is 370 g/mol. The van der Waals surface area contributed by atoms with Gasteiger partial charge in [-0.1, -0.05) is 0 Å². The third-order valence-electron chi connectivity index (χ3n) is 4.27. The molecule has 8 nitrogen and oxygen atoms in total. The summed E-state index contributed by atoms with van der Waals surface area (Å²) in [6, 6.07) is -2.06. The Morgan fingerprint density at radius 3 is 2.19 bits per heavy atom. The van der Waals surface area contributed by atoms with Gasteiger partial charge in [0, 0.05) is 6.04 Å². The second kappa shape index (κ2) is 7.06. The van der Waals surface area contributed by atoms with Crippen molar-refractivity contribution in [1.82, 2.24) is 10.2 Å². The summed E-state index contributed by atoms with van der Waals surface area (Å²) in [5.74, 6) is -0.936. The molecule has 2 aliphatic rings. The van der Waals surface area contributed by atoms with E-state index in [1.54, 1.807) is 41.5 Å². The first-order chi connectivity index (χ1) is 11.8. The highest BCUT2D eigenvalue weighted by Crippen LogP contribution is 2.34. The number of amides is 2. The van der Waals surface area contributed by atoms with Gasteiger partial charge in [-0.25, -0.2) is 9.59 Å². The first-order valence-corrected chi connectivity index (χ1v) is 9.01. The Kier molecular flexibility index (Phi) is 5.56. The van der Waals surface area contributed by atoms with Crippen molar-refractivity contribution in [2.24, 2.45) is 0 Å². The van der Waals surface area contributed by atoms with E-state index < -0.39 is 47.4 Å². The molecular formula is C18H30N2O6. The van der Waals surface area contributed by atoms with Crippen LogP contribution in [-0.2, 0) is 19.1 Å². The molecule has 4 atom stereocenters. The van der Waals surface area contributed by atoms with Crippen molar-refractivity contribution >= 4 is 18.0 Å². The Labute approximate surface area is 154 Å². The van der Waals surface area contributed by atoms with Crippen molar-refractivity contribution in [1.29, 1.82) is 0 Å². The molecule has 2 heterocycles. The van der Waals surface area contributed by atoms with E-state index in [9.17, 15) is 19.5 Å². The minimum atomic E-state index is -1.14. The van der Waals surface area contributed by atoms with Gasteiger partial charge in [0.05, 0.1) is 6.10 Å². The lowest BCUT2D eigenvalue weighted by Gasteiger charge is -2.40. The summed E-state index contributed by atoms with van der Waals surface area (Å²) in [6.45, 7) is 10.4. The summed E-state index contributed by atoms with van der Waals surface area (Å²) >= 11 is 0. The molecule has 0 aromatic heterocycles. The van der Waals surface area contributed by atoms with Crippen molar-refractivity contribution in [3.05, 3.63) is 0 Å². The molecule has 0 radical (unpaired) electrons. The number of hydrogen-bond acceptors (Lipinski definition) is 6. The maximum atomic E-state index is 12.9. The van der Waals surface area contributed by atoms with Crippen LogP contribution in [0.5, 0.6) is 0 Å². The van der Waals surface area contributed by atoms with Gasteiger partial charge in [-0.2, -0.15) is 0 Å². The Hall–Kier alpha value is -1.83. The molecule has 2 amide bonds. The smallest absolute Gasteiger partial charge is 0.408 e. The van der Waals surface area contributed by atoms with Gasteiger partial charge in [0.15, 0.2) is 0 Å². The molecule has 0 spiro atoms. The van der Waals surface area contributed by atoms with Crippen LogP contribution in [-0.4, -0.2) is 63.4 Å². The second-order valence-corrected chi connectivity index (χ2v) is 8.95. The summed E-state index contributed by atoms with van der Waals surface area (Å²) in [4.78, 5) is 38.8. The standard InChI is InChI=1S/C18H30N2O6/c1-17(2,3)25-15(23)11-8-7-10-9-12(21)13(14(22)20(10)11)19-16(24)26-18(4,5)6/h10-13,21H,7-9H2,1-6H3,(H,19,24)/t10-,11+,12+,13+/m1/s1. The van der Waals surface area contributed by atoms with Crippen molar-refractivity contribution in [3.63, 3.8) is 0 Å². The Morgan fingerprint density at radius 1 is 1.08 bits per heavy atom. The highest BCUT2D eigenvalue weighted by molar-refractivity contribution is 5.91. The molecule has 0 aromatic rings. The SMILES string of the molecule is CC(C)(C)OC(=O)N[C@@H]1C(=O)N2[C@H](CC[C@H]2C(=O)OC(C)(C)C)C[C@@H]1O. The van der Waals surface area contributed by atoms with Gasteiger partial charge in [-0.15, -0.1) is 0 Å². The Morgan fingerprint density at radius 2 is 1.65 bits per heavy atom. The number of nitrogens with one attached hydrogen (secondary N) is 1. The van der Waals surface area contributed by atoms with E-state index in [0.717, 1.165) is 0 Å². The second-order valence-electron chi connectivity index (χ2n) is 8.95. The summed E-state index contributed by atoms with van der Waals surface area (Å²) in [5, 5.41) is 12.8. The number of hydrogen-bond donors (Lipinski definition) is 2. The van der Waals surface area contributed by atoms with Crippen LogP contribution in [0.2, 0.25) is 0 Å². The lowest BCUT2D eigenvalue weighted by atomic mass is 9.95. The van der Waals surface area contributed by atoms with Gasteiger partial charge in [-0.3, -0.25) is 4.79 Å². The zero-order valence-electron chi connectivity index (χ0n) is 16.4. The zero-order chi connectivity index (χ0) is 19.9. The third-order valence-corrected chi connectivity index (χ3v) is 4.27. The summed E-state index contributed by atoms with van der Waals surface area (Å²) in [7, 11) is 0. The van der Waals surface area contributed by atoms with Crippen LogP contribution in [0.25, 0.3) is 0 Å². The number of aliphatic hydroxyl groups is 1. The van der Waals surface area contributed by atoms with Crippen LogP contribution in [0.15, 0.2) is 0 Å². The Bertz CT molecular complexity index is 577. The molecule has 2 rings (SSSR count). The Balaban J connectivity index is 2.11.